The zero-order chi connectivity index (χ0) is 14.7. The van der Waals surface area contributed by atoms with Gasteiger partial charge in [-0.3, -0.25) is 0 Å². The Kier molecular flexibility index (Phi) is 5.84. The van der Waals surface area contributed by atoms with Gasteiger partial charge in [-0.05, 0) is 77.5 Å². The zero-order valence-electron chi connectivity index (χ0n) is 10.8. The molecule has 2 aromatic carbocycles. The summed E-state index contributed by atoms with van der Waals surface area (Å²) >= 11 is 11.7. The second kappa shape index (κ2) is 7.20. The average Bonchev–Trinajstić information content (AvgIpc) is 2.38. The molecule has 106 valence electrons. The monoisotopic (exact) mass is 467 g/mol. The van der Waals surface area contributed by atoms with E-state index in [1.807, 2.05) is 31.3 Å². The topological polar surface area (TPSA) is 12.0 Å². The first-order chi connectivity index (χ1) is 9.49. The molecule has 1 unspecified atom stereocenters. The van der Waals surface area contributed by atoms with E-state index in [4.69, 9.17) is 11.6 Å². The van der Waals surface area contributed by atoms with E-state index in [1.165, 1.54) is 6.07 Å². The molecule has 5 heteroatoms. The quantitative estimate of drug-likeness (QED) is 0.597. The Morgan fingerprint density at radius 1 is 1.30 bits per heavy atom. The van der Waals surface area contributed by atoms with Gasteiger partial charge < -0.3 is 5.32 Å². The Hall–Kier alpha value is -0.170. The van der Waals surface area contributed by atoms with Crippen molar-refractivity contribution in [1.29, 1.82) is 0 Å². The molecular formula is C15H13BrClFIN. The molecule has 2 rings (SSSR count). The van der Waals surface area contributed by atoms with Gasteiger partial charge in [-0.1, -0.05) is 33.6 Å². The molecule has 0 aliphatic carbocycles. The summed E-state index contributed by atoms with van der Waals surface area (Å²) in [6, 6.07) is 11.0. The van der Waals surface area contributed by atoms with Gasteiger partial charge in [0.2, 0.25) is 0 Å². The molecule has 0 saturated heterocycles. The fourth-order valence-corrected chi connectivity index (χ4v) is 3.12. The van der Waals surface area contributed by atoms with Crippen LogP contribution in [0.25, 0.3) is 0 Å². The Bertz CT molecular complexity index is 601. The van der Waals surface area contributed by atoms with E-state index in [1.54, 1.807) is 6.07 Å². The minimum absolute atomic E-state index is 0.0956. The van der Waals surface area contributed by atoms with Crippen molar-refractivity contribution in [3.63, 3.8) is 0 Å². The Labute approximate surface area is 145 Å². The van der Waals surface area contributed by atoms with Gasteiger partial charge in [-0.2, -0.15) is 0 Å². The molecule has 0 heterocycles. The number of hydrogen-bond donors (Lipinski definition) is 1. The SMILES string of the molecule is CNC(Cc1cc(F)cc(Br)c1)c1ccc(I)c(Cl)c1. The lowest BCUT2D eigenvalue weighted by Crippen LogP contribution is -2.19. The highest BCUT2D eigenvalue weighted by atomic mass is 127. The molecule has 0 radical (unpaired) electrons. The highest BCUT2D eigenvalue weighted by Crippen LogP contribution is 2.26. The minimum Gasteiger partial charge on any atom is -0.313 e. The molecule has 0 aromatic heterocycles. The predicted molar refractivity (Wildman–Crippen MR) is 93.8 cm³/mol. The summed E-state index contributed by atoms with van der Waals surface area (Å²) in [7, 11) is 1.89. The van der Waals surface area contributed by atoms with Crippen LogP contribution in [-0.4, -0.2) is 7.05 Å². The molecule has 1 atom stereocenters. The van der Waals surface area contributed by atoms with Gasteiger partial charge in [0, 0.05) is 14.1 Å². The molecule has 0 spiro atoms. The number of nitrogens with one attached hydrogen (secondary N) is 1. The third-order valence-electron chi connectivity index (χ3n) is 3.06. The maximum Gasteiger partial charge on any atom is 0.124 e. The molecule has 0 saturated carbocycles. The zero-order valence-corrected chi connectivity index (χ0v) is 15.3. The molecule has 20 heavy (non-hydrogen) atoms. The van der Waals surface area contributed by atoms with Gasteiger partial charge in [-0.25, -0.2) is 4.39 Å². The minimum atomic E-state index is -0.232. The second-order valence-electron chi connectivity index (χ2n) is 4.50. The molecule has 0 aliphatic rings. The maximum atomic E-state index is 13.4. The molecule has 2 aromatic rings. The van der Waals surface area contributed by atoms with Gasteiger partial charge in [0.1, 0.15) is 5.82 Å². The predicted octanol–water partition coefficient (Wildman–Crippen LogP) is 5.35. The van der Waals surface area contributed by atoms with Crippen LogP contribution in [0.1, 0.15) is 17.2 Å². The molecule has 0 amide bonds. The van der Waals surface area contributed by atoms with Crippen molar-refractivity contribution in [3.05, 3.63) is 66.4 Å². The van der Waals surface area contributed by atoms with Crippen LogP contribution in [0.15, 0.2) is 40.9 Å². The van der Waals surface area contributed by atoms with Crippen LogP contribution in [0.4, 0.5) is 4.39 Å². The maximum absolute atomic E-state index is 13.4. The van der Waals surface area contributed by atoms with E-state index in [2.05, 4.69) is 43.8 Å². The molecule has 1 N–H and O–H groups in total. The number of likely N-dealkylation sites (N-methyl/N-ethyl adjacent to an activating group) is 1. The van der Waals surface area contributed by atoms with Crippen molar-refractivity contribution >= 4 is 50.1 Å². The van der Waals surface area contributed by atoms with Gasteiger partial charge in [0.15, 0.2) is 0 Å². The fourth-order valence-electron chi connectivity index (χ4n) is 2.08. The Morgan fingerprint density at radius 3 is 2.65 bits per heavy atom. The molecule has 1 nitrogen and oxygen atoms in total. The van der Waals surface area contributed by atoms with Crippen molar-refractivity contribution in [2.24, 2.45) is 0 Å². The van der Waals surface area contributed by atoms with Crippen LogP contribution >= 0.6 is 50.1 Å². The lowest BCUT2D eigenvalue weighted by atomic mass is 9.99. The number of hydrogen-bond acceptors (Lipinski definition) is 1. The average molecular weight is 469 g/mol. The molecule has 0 bridgehead atoms. The first-order valence-electron chi connectivity index (χ1n) is 6.07. The lowest BCUT2D eigenvalue weighted by Gasteiger charge is -2.17. The standard InChI is InChI=1S/C15H13BrClFIN/c1-20-15(10-2-3-14(19)13(17)7-10)6-9-4-11(16)8-12(18)5-9/h2-5,7-8,15,20H,6H2,1H3. The highest BCUT2D eigenvalue weighted by Gasteiger charge is 2.12. The van der Waals surface area contributed by atoms with Gasteiger partial charge in [-0.15, -0.1) is 0 Å². The molecule has 0 aliphatic heterocycles. The van der Waals surface area contributed by atoms with E-state index in [-0.39, 0.29) is 11.9 Å². The Morgan fingerprint density at radius 2 is 2.05 bits per heavy atom. The molecule has 0 fully saturated rings. The van der Waals surface area contributed by atoms with Crippen molar-refractivity contribution in [1.82, 2.24) is 5.32 Å². The van der Waals surface area contributed by atoms with E-state index in [9.17, 15) is 4.39 Å². The van der Waals surface area contributed by atoms with Crippen LogP contribution in [-0.2, 0) is 6.42 Å². The number of halogens is 4. The summed E-state index contributed by atoms with van der Waals surface area (Å²) in [5.41, 5.74) is 2.03. The second-order valence-corrected chi connectivity index (χ2v) is 6.98. The van der Waals surface area contributed by atoms with Gasteiger partial charge in [0.25, 0.3) is 0 Å². The van der Waals surface area contributed by atoms with Gasteiger partial charge in [0.05, 0.1) is 5.02 Å². The van der Waals surface area contributed by atoms with Crippen molar-refractivity contribution in [3.8, 4) is 0 Å². The normalized spacial score (nSPS) is 12.4. The summed E-state index contributed by atoms with van der Waals surface area (Å²) in [5, 5.41) is 3.99. The van der Waals surface area contributed by atoms with E-state index in [0.717, 1.165) is 24.2 Å². The first kappa shape index (κ1) is 16.2. The number of benzene rings is 2. The van der Waals surface area contributed by atoms with Gasteiger partial charge >= 0.3 is 0 Å². The largest absolute Gasteiger partial charge is 0.313 e. The fraction of sp³-hybridized carbons (Fsp3) is 0.200. The Balaban J connectivity index is 2.26. The third kappa shape index (κ3) is 4.16. The summed E-state index contributed by atoms with van der Waals surface area (Å²) in [4.78, 5) is 0. The lowest BCUT2D eigenvalue weighted by molar-refractivity contribution is 0.583. The van der Waals surface area contributed by atoms with Crippen LogP contribution in [0, 0.1) is 9.39 Å². The smallest absolute Gasteiger partial charge is 0.124 e. The first-order valence-corrected chi connectivity index (χ1v) is 8.31. The van der Waals surface area contributed by atoms with Crippen LogP contribution in [0.2, 0.25) is 5.02 Å². The summed E-state index contributed by atoms with van der Waals surface area (Å²) in [5.74, 6) is -0.232. The molecular weight excluding hydrogens is 455 g/mol. The van der Waals surface area contributed by atoms with E-state index < -0.39 is 0 Å². The third-order valence-corrected chi connectivity index (χ3v) is 5.09. The van der Waals surface area contributed by atoms with Crippen molar-refractivity contribution < 1.29 is 4.39 Å². The summed E-state index contributed by atoms with van der Waals surface area (Å²) in [6.07, 6.45) is 0.698. The van der Waals surface area contributed by atoms with Crippen LogP contribution in [0.5, 0.6) is 0 Å². The van der Waals surface area contributed by atoms with Crippen LogP contribution < -0.4 is 5.32 Å². The summed E-state index contributed by atoms with van der Waals surface area (Å²) < 4.78 is 15.2. The van der Waals surface area contributed by atoms with Crippen LogP contribution in [0.3, 0.4) is 0 Å². The van der Waals surface area contributed by atoms with Crippen molar-refractivity contribution in [2.45, 2.75) is 12.5 Å². The highest BCUT2D eigenvalue weighted by molar-refractivity contribution is 14.1. The van der Waals surface area contributed by atoms with Crippen molar-refractivity contribution in [2.75, 3.05) is 7.05 Å². The van der Waals surface area contributed by atoms with E-state index in [0.29, 0.717) is 6.42 Å². The summed E-state index contributed by atoms with van der Waals surface area (Å²) in [6.45, 7) is 0. The number of rotatable bonds is 4. The van der Waals surface area contributed by atoms with E-state index >= 15 is 0 Å².